The van der Waals surface area contributed by atoms with Crippen LogP contribution in [0.25, 0.3) is 0 Å². The highest BCUT2D eigenvalue weighted by molar-refractivity contribution is 5.91. The Morgan fingerprint density at radius 2 is 2.00 bits per heavy atom. The van der Waals surface area contributed by atoms with E-state index in [2.05, 4.69) is 10.5 Å². The van der Waals surface area contributed by atoms with Crippen LogP contribution in [0, 0.1) is 29.6 Å². The molecule has 5 heteroatoms. The molecule has 0 aromatic rings. The molecule has 3 rings (SSSR count). The quantitative estimate of drug-likeness (QED) is 0.289. The number of nitrogens with two attached hydrogens (primary N) is 1. The van der Waals surface area contributed by atoms with Crippen LogP contribution in [0.5, 0.6) is 0 Å². The van der Waals surface area contributed by atoms with E-state index in [1.54, 1.807) is 6.92 Å². The summed E-state index contributed by atoms with van der Waals surface area (Å²) in [7, 11) is 0. The molecule has 2 bridgehead atoms. The van der Waals surface area contributed by atoms with E-state index < -0.39 is 0 Å². The number of carbonyl (C=O) groups is 1. The van der Waals surface area contributed by atoms with Gasteiger partial charge in [-0.25, -0.2) is 0 Å². The fourth-order valence-electron chi connectivity index (χ4n) is 4.15. The molecule has 3 saturated carbocycles. The maximum atomic E-state index is 12.1. The molecule has 0 aromatic carbocycles. The molecule has 17 heavy (non-hydrogen) atoms. The second-order valence-corrected chi connectivity index (χ2v) is 5.77. The van der Waals surface area contributed by atoms with E-state index in [0.717, 1.165) is 11.8 Å². The van der Waals surface area contributed by atoms with Crippen LogP contribution in [0.1, 0.15) is 26.2 Å². The Labute approximate surface area is 100 Å². The number of fused-ring (bicyclic) bond motifs is 5. The minimum Gasteiger partial charge on any atom is -0.409 e. The Bertz CT molecular complexity index is 366. The number of rotatable bonds is 3. The predicted octanol–water partition coefficient (Wildman–Crippen LogP) is 0.530. The molecule has 5 atom stereocenters. The number of oxime groups is 1. The molecular formula is C12H19N3O2. The maximum absolute atomic E-state index is 12.1. The highest BCUT2D eigenvalue weighted by Gasteiger charge is 2.67. The number of hydrogen-bond donors (Lipinski definition) is 3. The monoisotopic (exact) mass is 237 g/mol. The summed E-state index contributed by atoms with van der Waals surface area (Å²) in [6.45, 7) is 1.74. The molecule has 0 radical (unpaired) electrons. The van der Waals surface area contributed by atoms with Crippen LogP contribution in [0.15, 0.2) is 5.16 Å². The normalized spacial score (nSPS) is 44.3. The molecule has 3 fully saturated rings. The average Bonchev–Trinajstić information content (AvgIpc) is 2.78. The Hall–Kier alpha value is -1.26. The van der Waals surface area contributed by atoms with Gasteiger partial charge in [0, 0.05) is 5.92 Å². The number of amidine groups is 1. The highest BCUT2D eigenvalue weighted by Crippen LogP contribution is 2.69. The van der Waals surface area contributed by atoms with Gasteiger partial charge < -0.3 is 16.3 Å². The summed E-state index contributed by atoms with van der Waals surface area (Å²) in [5, 5.41) is 14.3. The van der Waals surface area contributed by atoms with E-state index in [9.17, 15) is 4.79 Å². The second-order valence-electron chi connectivity index (χ2n) is 5.77. The van der Waals surface area contributed by atoms with Gasteiger partial charge in [-0.05, 0) is 49.9 Å². The fraction of sp³-hybridized carbons (Fsp3) is 0.833. The summed E-state index contributed by atoms with van der Waals surface area (Å²) in [5.41, 5.74) is 5.45. The highest BCUT2D eigenvalue weighted by atomic mass is 16.4. The molecule has 0 aromatic heterocycles. The summed E-state index contributed by atoms with van der Waals surface area (Å²) in [5.74, 6) is 3.21. The number of hydrogen-bond acceptors (Lipinski definition) is 3. The molecule has 0 spiro atoms. The van der Waals surface area contributed by atoms with Gasteiger partial charge in [0.05, 0.1) is 6.04 Å². The zero-order valence-corrected chi connectivity index (χ0v) is 9.97. The lowest BCUT2D eigenvalue weighted by Gasteiger charge is -2.14. The van der Waals surface area contributed by atoms with Gasteiger partial charge in [-0.15, -0.1) is 0 Å². The third-order valence-electron chi connectivity index (χ3n) is 4.96. The molecular weight excluding hydrogens is 218 g/mol. The summed E-state index contributed by atoms with van der Waals surface area (Å²) in [6, 6.07) is -0.383. The van der Waals surface area contributed by atoms with E-state index in [0.29, 0.717) is 11.8 Å². The van der Waals surface area contributed by atoms with Crippen molar-refractivity contribution in [1.82, 2.24) is 5.32 Å². The van der Waals surface area contributed by atoms with E-state index in [-0.39, 0.29) is 23.7 Å². The SMILES string of the molecule is CC(NC(=O)C1C2C3CCC(C3)C12)C(N)=NO. The van der Waals surface area contributed by atoms with Crippen molar-refractivity contribution in [1.29, 1.82) is 0 Å². The second kappa shape index (κ2) is 3.62. The van der Waals surface area contributed by atoms with Gasteiger partial charge in [-0.2, -0.15) is 0 Å². The summed E-state index contributed by atoms with van der Waals surface area (Å²) < 4.78 is 0. The standard InChI is InChI=1S/C12H19N3O2/c1-5(11(13)15-17)14-12(16)10-8-6-2-3-7(4-6)9(8)10/h5-10,17H,2-4H2,1H3,(H2,13,15)(H,14,16). The van der Waals surface area contributed by atoms with E-state index >= 15 is 0 Å². The zero-order chi connectivity index (χ0) is 12.2. The minimum atomic E-state index is -0.383. The van der Waals surface area contributed by atoms with Gasteiger partial charge in [0.15, 0.2) is 5.84 Å². The molecule has 4 N–H and O–H groups in total. The van der Waals surface area contributed by atoms with Gasteiger partial charge in [0.1, 0.15) is 0 Å². The third kappa shape index (κ3) is 1.51. The molecule has 5 unspecified atom stereocenters. The first kappa shape index (κ1) is 10.9. The van der Waals surface area contributed by atoms with Gasteiger partial charge in [0.2, 0.25) is 5.91 Å². The minimum absolute atomic E-state index is 0.0622. The van der Waals surface area contributed by atoms with Crippen LogP contribution >= 0.6 is 0 Å². The summed E-state index contributed by atoms with van der Waals surface area (Å²) in [6.07, 6.45) is 3.96. The smallest absolute Gasteiger partial charge is 0.224 e. The Morgan fingerprint density at radius 1 is 1.41 bits per heavy atom. The van der Waals surface area contributed by atoms with Crippen molar-refractivity contribution < 1.29 is 10.0 Å². The van der Waals surface area contributed by atoms with E-state index in [4.69, 9.17) is 10.9 Å². The first-order valence-corrected chi connectivity index (χ1v) is 6.41. The first-order chi connectivity index (χ1) is 8.13. The van der Waals surface area contributed by atoms with Crippen LogP contribution in [0.3, 0.4) is 0 Å². The Balaban J connectivity index is 1.59. The van der Waals surface area contributed by atoms with Crippen molar-refractivity contribution in [2.24, 2.45) is 40.5 Å². The molecule has 1 amide bonds. The number of nitrogens with one attached hydrogen (secondary N) is 1. The number of carbonyl (C=O) groups excluding carboxylic acids is 1. The average molecular weight is 237 g/mol. The molecule has 94 valence electrons. The van der Waals surface area contributed by atoms with E-state index in [1.165, 1.54) is 19.3 Å². The summed E-state index contributed by atoms with van der Waals surface area (Å²) >= 11 is 0. The number of amides is 1. The van der Waals surface area contributed by atoms with E-state index in [1.807, 2.05) is 0 Å². The summed E-state index contributed by atoms with van der Waals surface area (Å²) in [4.78, 5) is 12.1. The maximum Gasteiger partial charge on any atom is 0.224 e. The van der Waals surface area contributed by atoms with Crippen LogP contribution in [-0.2, 0) is 4.79 Å². The van der Waals surface area contributed by atoms with Crippen LogP contribution in [0.4, 0.5) is 0 Å². The lowest BCUT2D eigenvalue weighted by Crippen LogP contribution is -2.43. The Morgan fingerprint density at radius 3 is 2.53 bits per heavy atom. The van der Waals surface area contributed by atoms with Gasteiger partial charge in [-0.3, -0.25) is 4.79 Å². The van der Waals surface area contributed by atoms with Crippen LogP contribution < -0.4 is 11.1 Å². The van der Waals surface area contributed by atoms with Crippen molar-refractivity contribution >= 4 is 11.7 Å². The van der Waals surface area contributed by atoms with Crippen LogP contribution in [-0.4, -0.2) is 23.0 Å². The predicted molar refractivity (Wildman–Crippen MR) is 62.3 cm³/mol. The fourth-order valence-corrected chi connectivity index (χ4v) is 4.15. The first-order valence-electron chi connectivity index (χ1n) is 6.41. The lowest BCUT2D eigenvalue weighted by atomic mass is 10.0. The van der Waals surface area contributed by atoms with Crippen LogP contribution in [0.2, 0.25) is 0 Å². The Kier molecular flexibility index (Phi) is 2.31. The molecule has 3 aliphatic carbocycles. The van der Waals surface area contributed by atoms with Crippen molar-refractivity contribution in [3.8, 4) is 0 Å². The lowest BCUT2D eigenvalue weighted by molar-refractivity contribution is -0.123. The third-order valence-corrected chi connectivity index (χ3v) is 4.96. The van der Waals surface area contributed by atoms with Crippen molar-refractivity contribution in [3.05, 3.63) is 0 Å². The molecule has 5 nitrogen and oxygen atoms in total. The molecule has 3 aliphatic rings. The zero-order valence-electron chi connectivity index (χ0n) is 9.97. The van der Waals surface area contributed by atoms with Crippen molar-refractivity contribution in [2.75, 3.05) is 0 Å². The molecule has 0 saturated heterocycles. The van der Waals surface area contributed by atoms with Gasteiger partial charge in [-0.1, -0.05) is 5.16 Å². The van der Waals surface area contributed by atoms with Gasteiger partial charge >= 0.3 is 0 Å². The topological polar surface area (TPSA) is 87.7 Å². The van der Waals surface area contributed by atoms with Gasteiger partial charge in [0.25, 0.3) is 0 Å². The largest absolute Gasteiger partial charge is 0.409 e. The molecule has 0 heterocycles. The van der Waals surface area contributed by atoms with Crippen molar-refractivity contribution in [2.45, 2.75) is 32.2 Å². The molecule has 0 aliphatic heterocycles. The number of nitrogens with zero attached hydrogens (tertiary/aromatic N) is 1. The van der Waals surface area contributed by atoms with Crippen molar-refractivity contribution in [3.63, 3.8) is 0 Å².